The fourth-order valence-corrected chi connectivity index (χ4v) is 2.62. The van der Waals surface area contributed by atoms with Crippen LogP contribution in [0.15, 0.2) is 36.5 Å². The van der Waals surface area contributed by atoms with E-state index in [9.17, 15) is 4.79 Å². The summed E-state index contributed by atoms with van der Waals surface area (Å²) in [4.78, 5) is 12.6. The molecule has 0 aliphatic heterocycles. The summed E-state index contributed by atoms with van der Waals surface area (Å²) in [5.74, 6) is 1.37. The molecule has 0 unspecified atom stereocenters. The third-order valence-corrected chi connectivity index (χ3v) is 3.83. The van der Waals surface area contributed by atoms with Crippen molar-refractivity contribution in [1.82, 2.24) is 9.78 Å². The summed E-state index contributed by atoms with van der Waals surface area (Å²) < 4.78 is 17.2. The molecule has 0 bridgehead atoms. The molecule has 3 aromatic rings. The minimum absolute atomic E-state index is 0.380. The molecule has 7 heteroatoms. The maximum atomic E-state index is 12.6. The second kappa shape index (κ2) is 6.72. The number of benzene rings is 2. The van der Waals surface area contributed by atoms with Crippen LogP contribution >= 0.6 is 0 Å². The third kappa shape index (κ3) is 3.08. The van der Waals surface area contributed by atoms with Crippen molar-refractivity contribution < 1.29 is 19.0 Å². The van der Waals surface area contributed by atoms with Crippen LogP contribution in [0, 0.1) is 6.92 Å². The van der Waals surface area contributed by atoms with E-state index in [-0.39, 0.29) is 6.03 Å². The van der Waals surface area contributed by atoms with Gasteiger partial charge >= 0.3 is 6.03 Å². The zero-order valence-electron chi connectivity index (χ0n) is 14.5. The molecule has 0 saturated carbocycles. The Morgan fingerprint density at radius 3 is 2.32 bits per heavy atom. The fourth-order valence-electron chi connectivity index (χ4n) is 2.62. The van der Waals surface area contributed by atoms with E-state index in [4.69, 9.17) is 14.2 Å². The number of amides is 1. The molecule has 1 N–H and O–H groups in total. The van der Waals surface area contributed by atoms with Crippen LogP contribution in [0.1, 0.15) is 5.56 Å². The van der Waals surface area contributed by atoms with Gasteiger partial charge in [-0.15, -0.1) is 0 Å². The lowest BCUT2D eigenvalue weighted by Crippen LogP contribution is -2.20. The van der Waals surface area contributed by atoms with Crippen molar-refractivity contribution in [3.63, 3.8) is 0 Å². The van der Waals surface area contributed by atoms with E-state index < -0.39 is 0 Å². The Bertz CT molecular complexity index is 908. The monoisotopic (exact) mass is 341 g/mol. The molecule has 2 aromatic carbocycles. The molecule has 130 valence electrons. The van der Waals surface area contributed by atoms with Crippen LogP contribution in [-0.4, -0.2) is 37.1 Å². The predicted molar refractivity (Wildman–Crippen MR) is 95.0 cm³/mol. The molecule has 1 amide bonds. The van der Waals surface area contributed by atoms with Crippen LogP contribution in [0.5, 0.6) is 17.2 Å². The lowest BCUT2D eigenvalue weighted by Gasteiger charge is -2.14. The number of nitrogens with one attached hydrogen (secondary N) is 1. The third-order valence-electron chi connectivity index (χ3n) is 3.83. The highest BCUT2D eigenvalue weighted by Gasteiger charge is 2.16. The number of rotatable bonds is 4. The number of fused-ring (bicyclic) bond motifs is 1. The quantitative estimate of drug-likeness (QED) is 0.787. The topological polar surface area (TPSA) is 74.6 Å². The highest BCUT2D eigenvalue weighted by molar-refractivity contribution is 5.97. The Hall–Kier alpha value is -3.22. The van der Waals surface area contributed by atoms with E-state index in [1.54, 1.807) is 18.3 Å². The molecule has 3 rings (SSSR count). The first kappa shape index (κ1) is 16.6. The van der Waals surface area contributed by atoms with Crippen molar-refractivity contribution in [2.24, 2.45) is 0 Å². The molecule has 0 aliphatic carbocycles. The van der Waals surface area contributed by atoms with E-state index in [0.29, 0.717) is 22.9 Å². The van der Waals surface area contributed by atoms with Crippen LogP contribution in [0.2, 0.25) is 0 Å². The maximum absolute atomic E-state index is 12.6. The zero-order valence-corrected chi connectivity index (χ0v) is 14.5. The highest BCUT2D eigenvalue weighted by Crippen LogP contribution is 2.39. The molecule has 0 spiro atoms. The first-order valence-electron chi connectivity index (χ1n) is 7.63. The van der Waals surface area contributed by atoms with Gasteiger partial charge < -0.3 is 19.5 Å². The maximum Gasteiger partial charge on any atom is 0.347 e. The second-order valence-corrected chi connectivity index (χ2v) is 5.46. The molecule has 7 nitrogen and oxygen atoms in total. The zero-order chi connectivity index (χ0) is 18.0. The first-order chi connectivity index (χ1) is 12.1. The average molecular weight is 341 g/mol. The van der Waals surface area contributed by atoms with Crippen molar-refractivity contribution in [3.8, 4) is 17.2 Å². The van der Waals surface area contributed by atoms with Crippen LogP contribution < -0.4 is 19.5 Å². The summed E-state index contributed by atoms with van der Waals surface area (Å²) in [6.07, 6.45) is 1.66. The fraction of sp³-hybridized carbons (Fsp3) is 0.222. The van der Waals surface area contributed by atoms with Gasteiger partial charge in [0, 0.05) is 17.5 Å². The van der Waals surface area contributed by atoms with Crippen molar-refractivity contribution >= 4 is 22.6 Å². The molecule has 0 radical (unpaired) electrons. The molecular formula is C18H19N3O4. The number of hydrogen-bond donors (Lipinski definition) is 1. The largest absolute Gasteiger partial charge is 0.493 e. The van der Waals surface area contributed by atoms with Crippen molar-refractivity contribution in [2.45, 2.75) is 6.92 Å². The Morgan fingerprint density at radius 2 is 1.72 bits per heavy atom. The number of anilines is 1. The lowest BCUT2D eigenvalue weighted by molar-refractivity contribution is 0.252. The van der Waals surface area contributed by atoms with Gasteiger partial charge in [0.15, 0.2) is 11.5 Å². The summed E-state index contributed by atoms with van der Waals surface area (Å²) in [5, 5.41) is 7.87. The number of aryl methyl sites for hydroxylation is 1. The van der Waals surface area contributed by atoms with Crippen LogP contribution in [0.3, 0.4) is 0 Å². The summed E-state index contributed by atoms with van der Waals surface area (Å²) in [6, 6.07) is 8.77. The van der Waals surface area contributed by atoms with Gasteiger partial charge in [0.05, 0.1) is 38.7 Å². The van der Waals surface area contributed by atoms with Gasteiger partial charge in [0.1, 0.15) is 0 Å². The Balaban J connectivity index is 1.96. The minimum Gasteiger partial charge on any atom is -0.493 e. The second-order valence-electron chi connectivity index (χ2n) is 5.46. The number of ether oxygens (including phenoxy) is 3. The van der Waals surface area contributed by atoms with Gasteiger partial charge in [-0.25, -0.2) is 4.79 Å². The SMILES string of the molecule is COc1cc(NC(=O)n2ncc3ccc(C)cc32)cc(OC)c1OC. The summed E-state index contributed by atoms with van der Waals surface area (Å²) in [5.41, 5.74) is 2.30. The normalized spacial score (nSPS) is 10.6. The molecule has 0 saturated heterocycles. The van der Waals surface area contributed by atoms with E-state index >= 15 is 0 Å². The van der Waals surface area contributed by atoms with Crippen LogP contribution in [0.4, 0.5) is 10.5 Å². The number of nitrogens with zero attached hydrogens (tertiary/aromatic N) is 2. The van der Waals surface area contributed by atoms with Crippen LogP contribution in [0.25, 0.3) is 10.9 Å². The standard InChI is InChI=1S/C18H19N3O4/c1-11-5-6-12-10-19-21(14(12)7-11)18(22)20-13-8-15(23-2)17(25-4)16(9-13)24-3/h5-10H,1-4H3,(H,20,22). The van der Waals surface area contributed by atoms with E-state index in [2.05, 4.69) is 10.4 Å². The van der Waals surface area contributed by atoms with Gasteiger partial charge in [0.25, 0.3) is 0 Å². The van der Waals surface area contributed by atoms with Crippen molar-refractivity contribution in [1.29, 1.82) is 0 Å². The minimum atomic E-state index is -0.380. The van der Waals surface area contributed by atoms with Crippen molar-refractivity contribution in [2.75, 3.05) is 26.6 Å². The number of hydrogen-bond acceptors (Lipinski definition) is 5. The van der Waals surface area contributed by atoms with Gasteiger partial charge in [-0.05, 0) is 18.6 Å². The molecular weight excluding hydrogens is 322 g/mol. The van der Waals surface area contributed by atoms with E-state index in [1.165, 1.54) is 26.0 Å². The molecule has 0 aliphatic rings. The molecule has 1 aromatic heterocycles. The Labute approximate surface area is 145 Å². The molecule has 0 atom stereocenters. The van der Waals surface area contributed by atoms with E-state index in [0.717, 1.165) is 16.5 Å². The predicted octanol–water partition coefficient (Wildman–Crippen LogP) is 3.45. The lowest BCUT2D eigenvalue weighted by atomic mass is 10.2. The molecule has 0 fully saturated rings. The Morgan fingerprint density at radius 1 is 1.04 bits per heavy atom. The van der Waals surface area contributed by atoms with Crippen LogP contribution in [-0.2, 0) is 0 Å². The van der Waals surface area contributed by atoms with Gasteiger partial charge in [0.2, 0.25) is 5.75 Å². The number of aromatic nitrogens is 2. The average Bonchev–Trinajstić information content (AvgIpc) is 3.03. The summed E-state index contributed by atoms with van der Waals surface area (Å²) >= 11 is 0. The van der Waals surface area contributed by atoms with Gasteiger partial charge in [-0.3, -0.25) is 0 Å². The highest BCUT2D eigenvalue weighted by atomic mass is 16.5. The van der Waals surface area contributed by atoms with Gasteiger partial charge in [-0.1, -0.05) is 12.1 Å². The number of methoxy groups -OCH3 is 3. The summed E-state index contributed by atoms with van der Waals surface area (Å²) in [7, 11) is 4.57. The number of carbonyl (C=O) groups is 1. The summed E-state index contributed by atoms with van der Waals surface area (Å²) in [6.45, 7) is 1.97. The number of carbonyl (C=O) groups excluding carboxylic acids is 1. The smallest absolute Gasteiger partial charge is 0.347 e. The Kier molecular flexibility index (Phi) is 4.47. The van der Waals surface area contributed by atoms with Crippen molar-refractivity contribution in [3.05, 3.63) is 42.1 Å². The van der Waals surface area contributed by atoms with Gasteiger partial charge in [-0.2, -0.15) is 9.78 Å². The van der Waals surface area contributed by atoms with E-state index in [1.807, 2.05) is 25.1 Å². The molecule has 1 heterocycles. The molecule has 25 heavy (non-hydrogen) atoms. The first-order valence-corrected chi connectivity index (χ1v) is 7.63.